The molecule has 0 spiro atoms. The molecule has 0 saturated heterocycles. The molecule has 7 atom stereocenters. The van der Waals surface area contributed by atoms with Crippen LogP contribution in [0, 0.1) is 40.4 Å². The van der Waals surface area contributed by atoms with Gasteiger partial charge in [0.25, 0.3) is 0 Å². The fourth-order valence-corrected chi connectivity index (χ4v) is 7.62. The molecule has 0 heterocycles. The van der Waals surface area contributed by atoms with Gasteiger partial charge in [0.05, 0.1) is 0 Å². The summed E-state index contributed by atoms with van der Waals surface area (Å²) in [6, 6.07) is 0. The molecule has 4 rings (SSSR count). The van der Waals surface area contributed by atoms with E-state index >= 15 is 0 Å². The monoisotopic (exact) mass is 348 g/mol. The molecule has 4 saturated carbocycles. The highest BCUT2D eigenvalue weighted by molar-refractivity contribution is 5.83. The summed E-state index contributed by atoms with van der Waals surface area (Å²) < 4.78 is 0. The third kappa shape index (κ3) is 2.68. The Kier molecular flexibility index (Phi) is 4.83. The molecule has 0 aromatic rings. The molecule has 4 aliphatic carbocycles. The summed E-state index contributed by atoms with van der Waals surface area (Å²) in [6.45, 7) is 4.78. The lowest BCUT2D eigenvalue weighted by Gasteiger charge is -2.59. The Hall–Kier alpha value is -0.860. The second-order valence-corrected chi connectivity index (χ2v) is 9.77. The van der Waals surface area contributed by atoms with Crippen molar-refractivity contribution in [3.63, 3.8) is 0 Å². The Morgan fingerprint density at radius 3 is 2.48 bits per heavy atom. The maximum atomic E-state index is 13.1. The van der Waals surface area contributed by atoms with Crippen molar-refractivity contribution in [1.82, 2.24) is 0 Å². The van der Waals surface area contributed by atoms with Gasteiger partial charge in [-0.15, -0.1) is 0 Å². The molecule has 3 nitrogen and oxygen atoms in total. The molecule has 0 aromatic heterocycles. The summed E-state index contributed by atoms with van der Waals surface area (Å²) in [7, 11) is 0. The second-order valence-electron chi connectivity index (χ2n) is 9.77. The first kappa shape index (κ1) is 18.9. The maximum absolute atomic E-state index is 13.1. The largest absolute Gasteiger partial charge is 0.481 e. The number of carbonyl (C=O) groups is 2. The van der Waals surface area contributed by atoms with Crippen LogP contribution in [0.15, 0.2) is 0 Å². The van der Waals surface area contributed by atoms with E-state index in [1.165, 1.54) is 25.7 Å². The molecule has 7 unspecified atom stereocenters. The second kappa shape index (κ2) is 6.39. The SMILES string of the molecule is C.CC12CCC3C(C(=O)CC4CCCCC43C)C1CCC2CC(=O)O. The number of Topliss-reactive ketones (excluding diaryl/α,β-unsaturated/α-hetero) is 1. The van der Waals surface area contributed by atoms with Crippen molar-refractivity contribution in [2.75, 3.05) is 0 Å². The number of rotatable bonds is 2. The first-order valence-corrected chi connectivity index (χ1v) is 10.1. The number of hydrogen-bond donors (Lipinski definition) is 1. The predicted octanol–water partition coefficient (Wildman–Crippen LogP) is 5.33. The van der Waals surface area contributed by atoms with Gasteiger partial charge in [-0.25, -0.2) is 0 Å². The Morgan fingerprint density at radius 2 is 1.76 bits per heavy atom. The Balaban J connectivity index is 0.00000182. The van der Waals surface area contributed by atoms with Crippen LogP contribution in [0.2, 0.25) is 0 Å². The summed E-state index contributed by atoms with van der Waals surface area (Å²) in [4.78, 5) is 24.4. The minimum Gasteiger partial charge on any atom is -0.481 e. The molecule has 142 valence electrons. The third-order valence-corrected chi connectivity index (χ3v) is 9.00. The molecule has 0 bridgehead atoms. The van der Waals surface area contributed by atoms with E-state index in [0.29, 0.717) is 35.4 Å². The van der Waals surface area contributed by atoms with E-state index in [2.05, 4.69) is 13.8 Å². The minimum absolute atomic E-state index is 0. The van der Waals surface area contributed by atoms with Crippen LogP contribution < -0.4 is 0 Å². The molecular weight excluding hydrogens is 312 g/mol. The van der Waals surface area contributed by atoms with Gasteiger partial charge >= 0.3 is 5.97 Å². The predicted molar refractivity (Wildman–Crippen MR) is 99.2 cm³/mol. The van der Waals surface area contributed by atoms with E-state index in [0.717, 1.165) is 32.1 Å². The molecule has 4 fully saturated rings. The van der Waals surface area contributed by atoms with Gasteiger partial charge in [0.2, 0.25) is 0 Å². The maximum Gasteiger partial charge on any atom is 0.303 e. The van der Waals surface area contributed by atoms with Crippen molar-refractivity contribution < 1.29 is 14.7 Å². The number of aliphatic carboxylic acids is 1. The Labute approximate surface area is 153 Å². The number of ketones is 1. The van der Waals surface area contributed by atoms with Crippen LogP contribution in [0.4, 0.5) is 0 Å². The Morgan fingerprint density at radius 1 is 1.04 bits per heavy atom. The molecule has 4 aliphatic rings. The van der Waals surface area contributed by atoms with Crippen molar-refractivity contribution >= 4 is 11.8 Å². The number of fused-ring (bicyclic) bond motifs is 5. The number of carboxylic acid groups (broad SMARTS) is 1. The normalized spacial score (nSPS) is 48.7. The van der Waals surface area contributed by atoms with Crippen LogP contribution in [-0.2, 0) is 9.59 Å². The number of carbonyl (C=O) groups excluding carboxylic acids is 1. The van der Waals surface area contributed by atoms with Crippen LogP contribution in [-0.4, -0.2) is 16.9 Å². The first-order chi connectivity index (χ1) is 11.4. The first-order valence-electron chi connectivity index (χ1n) is 10.1. The minimum atomic E-state index is -0.668. The van der Waals surface area contributed by atoms with E-state index in [1.54, 1.807) is 0 Å². The van der Waals surface area contributed by atoms with Gasteiger partial charge in [-0.3, -0.25) is 9.59 Å². The van der Waals surface area contributed by atoms with E-state index in [9.17, 15) is 14.7 Å². The highest BCUT2D eigenvalue weighted by Gasteiger charge is 2.62. The third-order valence-electron chi connectivity index (χ3n) is 9.00. The summed E-state index contributed by atoms with van der Waals surface area (Å²) in [5, 5.41) is 9.29. The van der Waals surface area contributed by atoms with Crippen LogP contribution >= 0.6 is 0 Å². The zero-order valence-corrected chi connectivity index (χ0v) is 15.2. The Bertz CT molecular complexity index is 555. The molecule has 1 N–H and O–H groups in total. The fraction of sp³-hybridized carbons (Fsp3) is 0.909. The smallest absolute Gasteiger partial charge is 0.303 e. The molecule has 0 aliphatic heterocycles. The fourth-order valence-electron chi connectivity index (χ4n) is 7.62. The van der Waals surface area contributed by atoms with Gasteiger partial charge in [-0.05, 0) is 73.0 Å². The van der Waals surface area contributed by atoms with E-state index in [-0.39, 0.29) is 24.7 Å². The van der Waals surface area contributed by atoms with Crippen molar-refractivity contribution in [2.45, 2.75) is 85.5 Å². The van der Waals surface area contributed by atoms with Crippen LogP contribution in [0.1, 0.15) is 85.5 Å². The van der Waals surface area contributed by atoms with Gasteiger partial charge in [0.15, 0.2) is 0 Å². The van der Waals surface area contributed by atoms with Crippen LogP contribution in [0.25, 0.3) is 0 Å². The standard InChI is InChI=1S/C21H32O3.CH4/c1-20-9-4-3-5-13(20)11-17(22)19-15-7-6-14(12-18(23)24)21(15,2)10-8-16(19)20;/h13-16,19H,3-12H2,1-2H3,(H,23,24);1H4. The van der Waals surface area contributed by atoms with Gasteiger partial charge in [0, 0.05) is 18.8 Å². The van der Waals surface area contributed by atoms with E-state index in [4.69, 9.17) is 0 Å². The summed E-state index contributed by atoms with van der Waals surface area (Å²) in [5.41, 5.74) is 0.441. The van der Waals surface area contributed by atoms with Crippen molar-refractivity contribution in [1.29, 1.82) is 0 Å². The molecule has 0 radical (unpaired) electrons. The van der Waals surface area contributed by atoms with Gasteiger partial charge in [-0.2, -0.15) is 0 Å². The zero-order valence-electron chi connectivity index (χ0n) is 15.2. The lowest BCUT2D eigenvalue weighted by atomic mass is 9.44. The molecular formula is C22H36O3. The summed E-state index contributed by atoms with van der Waals surface area (Å²) in [5.74, 6) is 1.96. The van der Waals surface area contributed by atoms with Gasteiger partial charge in [0.1, 0.15) is 5.78 Å². The highest BCUT2D eigenvalue weighted by atomic mass is 16.4. The molecule has 25 heavy (non-hydrogen) atoms. The zero-order chi connectivity index (χ0) is 17.1. The summed E-state index contributed by atoms with van der Waals surface area (Å²) >= 11 is 0. The van der Waals surface area contributed by atoms with Crippen LogP contribution in [0.3, 0.4) is 0 Å². The van der Waals surface area contributed by atoms with Gasteiger partial charge < -0.3 is 5.11 Å². The lowest BCUT2D eigenvalue weighted by Crippen LogP contribution is -2.56. The topological polar surface area (TPSA) is 54.4 Å². The average Bonchev–Trinajstić information content (AvgIpc) is 2.84. The number of hydrogen-bond acceptors (Lipinski definition) is 2. The quantitative estimate of drug-likeness (QED) is 0.734. The summed E-state index contributed by atoms with van der Waals surface area (Å²) in [6.07, 6.45) is 10.6. The molecule has 0 aromatic carbocycles. The highest BCUT2D eigenvalue weighted by Crippen LogP contribution is 2.66. The van der Waals surface area contributed by atoms with Crippen LogP contribution in [0.5, 0.6) is 0 Å². The van der Waals surface area contributed by atoms with E-state index in [1.807, 2.05) is 0 Å². The van der Waals surface area contributed by atoms with E-state index < -0.39 is 5.97 Å². The van der Waals surface area contributed by atoms with Crippen molar-refractivity contribution in [2.24, 2.45) is 40.4 Å². The average molecular weight is 349 g/mol. The van der Waals surface area contributed by atoms with Gasteiger partial charge in [-0.1, -0.05) is 34.1 Å². The molecule has 0 amide bonds. The van der Waals surface area contributed by atoms with Crippen molar-refractivity contribution in [3.05, 3.63) is 0 Å². The lowest BCUT2D eigenvalue weighted by molar-refractivity contribution is -0.156. The number of carboxylic acids is 1. The van der Waals surface area contributed by atoms with Crippen molar-refractivity contribution in [3.8, 4) is 0 Å². The molecule has 3 heteroatoms.